The van der Waals surface area contributed by atoms with Gasteiger partial charge in [-0.05, 0) is 115 Å². The molecule has 6 aromatic carbocycles. The summed E-state index contributed by atoms with van der Waals surface area (Å²) in [6.07, 6.45) is 6.18. The number of hydrogen-bond acceptors (Lipinski definition) is 2. The van der Waals surface area contributed by atoms with Gasteiger partial charge in [-0.1, -0.05) is 177 Å². The molecule has 284 valence electrons. The highest BCUT2D eigenvalue weighted by atomic mass is 15.2. The van der Waals surface area contributed by atoms with Crippen LogP contribution in [-0.2, 0) is 5.41 Å². The van der Waals surface area contributed by atoms with E-state index in [1.807, 2.05) is 0 Å². The molecule has 3 aliphatic rings. The quantitative estimate of drug-likeness (QED) is 0.166. The van der Waals surface area contributed by atoms with Crippen LogP contribution in [0.5, 0.6) is 0 Å². The van der Waals surface area contributed by atoms with E-state index in [9.17, 15) is 0 Å². The van der Waals surface area contributed by atoms with Gasteiger partial charge in [-0.3, -0.25) is 0 Å². The highest BCUT2D eigenvalue weighted by molar-refractivity contribution is 7.01. The van der Waals surface area contributed by atoms with Gasteiger partial charge in [0.2, 0.25) is 0 Å². The highest BCUT2D eigenvalue weighted by Crippen LogP contribution is 2.48. The van der Waals surface area contributed by atoms with Crippen molar-refractivity contribution in [2.45, 2.75) is 74.1 Å². The SMILES string of the molecule is CC(C)(C)C1=CC(N2c3cccc(-c4ccccc4)c3B3c4c(-c5ccccc5)cccc4N(c4ccc(C(C)(C)C)cc4)c4cccc2c43)=CC(C(C)(C)C)C1. The van der Waals surface area contributed by atoms with Crippen LogP contribution in [0.4, 0.5) is 28.4 Å². The lowest BCUT2D eigenvalue weighted by Crippen LogP contribution is -2.62. The largest absolute Gasteiger partial charge is 0.312 e. The molecule has 0 N–H and O–H groups in total. The fourth-order valence-electron chi connectivity index (χ4n) is 9.43. The second kappa shape index (κ2) is 13.5. The van der Waals surface area contributed by atoms with Crippen LogP contribution in [0.15, 0.2) is 163 Å². The molecule has 9 rings (SSSR count). The molecule has 0 spiro atoms. The smallest absolute Gasteiger partial charge is 0.253 e. The van der Waals surface area contributed by atoms with Crippen molar-refractivity contribution in [1.82, 2.24) is 0 Å². The normalized spacial score (nSPS) is 16.4. The van der Waals surface area contributed by atoms with Crippen LogP contribution in [0.1, 0.15) is 74.3 Å². The minimum atomic E-state index is -0.0102. The van der Waals surface area contributed by atoms with Gasteiger partial charge in [-0.2, -0.15) is 0 Å². The van der Waals surface area contributed by atoms with Gasteiger partial charge >= 0.3 is 0 Å². The lowest BCUT2D eigenvalue weighted by molar-refractivity contribution is 0.273. The molecule has 1 atom stereocenters. The molecule has 2 heterocycles. The Bertz CT molecular complexity index is 2540. The molecule has 0 bridgehead atoms. The van der Waals surface area contributed by atoms with Gasteiger partial charge in [0.15, 0.2) is 0 Å². The maximum Gasteiger partial charge on any atom is 0.253 e. The molecule has 0 saturated heterocycles. The molecule has 0 saturated carbocycles. The second-order valence-electron chi connectivity index (χ2n) is 19.5. The number of allylic oxidation sites excluding steroid dienone is 3. The van der Waals surface area contributed by atoms with Gasteiger partial charge in [0, 0.05) is 34.1 Å². The summed E-state index contributed by atoms with van der Waals surface area (Å²) in [6.45, 7) is 21.2. The molecule has 0 fully saturated rings. The van der Waals surface area contributed by atoms with Crippen molar-refractivity contribution in [3.8, 4) is 22.3 Å². The van der Waals surface area contributed by atoms with E-state index in [1.54, 1.807) is 0 Å². The lowest BCUT2D eigenvalue weighted by atomic mass is 9.32. The van der Waals surface area contributed by atoms with Crippen LogP contribution in [0, 0.1) is 16.7 Å². The van der Waals surface area contributed by atoms with Gasteiger partial charge in [-0.25, -0.2) is 0 Å². The summed E-state index contributed by atoms with van der Waals surface area (Å²) in [5.74, 6) is 0.396. The third kappa shape index (κ3) is 6.37. The zero-order valence-corrected chi connectivity index (χ0v) is 35.2. The Balaban J connectivity index is 1.40. The van der Waals surface area contributed by atoms with Gasteiger partial charge in [0.25, 0.3) is 6.71 Å². The predicted octanol–water partition coefficient (Wildman–Crippen LogP) is 13.0. The second-order valence-corrected chi connectivity index (χ2v) is 19.5. The van der Waals surface area contributed by atoms with E-state index < -0.39 is 0 Å². The maximum absolute atomic E-state index is 2.62. The number of rotatable bonds is 4. The summed E-state index contributed by atoms with van der Waals surface area (Å²) in [4.78, 5) is 5.17. The number of hydrogen-bond donors (Lipinski definition) is 0. The van der Waals surface area contributed by atoms with E-state index in [4.69, 9.17) is 0 Å². The standard InChI is InChI=1S/C54H55BN2/c1-52(2,3)38-29-31-41(32-30-38)56-45-25-16-23-43(36-19-12-10-13-20-36)49(45)55-50-44(37-21-14-11-15-22-37)24-17-26-46(50)57(48-28-18-27-47(56)51(48)55)42-34-39(53(4,5)6)33-40(35-42)54(7,8)9/h10-32,34-35,39H,33H2,1-9H3. The van der Waals surface area contributed by atoms with E-state index in [-0.39, 0.29) is 23.0 Å². The van der Waals surface area contributed by atoms with E-state index in [2.05, 4.69) is 224 Å². The Hall–Kier alpha value is -5.54. The van der Waals surface area contributed by atoms with Crippen molar-refractivity contribution >= 4 is 51.5 Å². The topological polar surface area (TPSA) is 6.48 Å². The molecule has 2 nitrogen and oxygen atoms in total. The Morgan fingerprint density at radius 3 is 1.44 bits per heavy atom. The summed E-state index contributed by atoms with van der Waals surface area (Å²) in [6, 6.07) is 52.4. The van der Waals surface area contributed by atoms with Crippen LogP contribution in [0.3, 0.4) is 0 Å². The fraction of sp³-hybridized carbons (Fsp3) is 0.259. The number of fused-ring (bicyclic) bond motifs is 4. The fourth-order valence-corrected chi connectivity index (χ4v) is 9.43. The van der Waals surface area contributed by atoms with E-state index in [0.717, 1.165) is 6.42 Å². The lowest BCUT2D eigenvalue weighted by Gasteiger charge is -2.46. The van der Waals surface area contributed by atoms with E-state index in [1.165, 1.54) is 83.9 Å². The molecular formula is C54H55BN2. The summed E-state index contributed by atoms with van der Waals surface area (Å²) in [5.41, 5.74) is 19.6. The first kappa shape index (κ1) is 37.1. The molecular weight excluding hydrogens is 687 g/mol. The van der Waals surface area contributed by atoms with E-state index in [0.29, 0.717) is 5.92 Å². The number of nitrogens with zero attached hydrogens (tertiary/aromatic N) is 2. The Kier molecular flexibility index (Phi) is 8.81. The van der Waals surface area contributed by atoms with Gasteiger partial charge in [-0.15, -0.1) is 0 Å². The Labute approximate surface area is 341 Å². The summed E-state index contributed by atoms with van der Waals surface area (Å²) < 4.78 is 0. The summed E-state index contributed by atoms with van der Waals surface area (Å²) in [7, 11) is 0. The molecule has 1 aliphatic carbocycles. The minimum absolute atomic E-state index is 0.0102. The van der Waals surface area contributed by atoms with Gasteiger partial charge in [0.05, 0.1) is 0 Å². The van der Waals surface area contributed by atoms with Crippen molar-refractivity contribution in [3.63, 3.8) is 0 Å². The Morgan fingerprint density at radius 2 is 0.947 bits per heavy atom. The van der Waals surface area contributed by atoms with Crippen LogP contribution < -0.4 is 26.2 Å². The highest BCUT2D eigenvalue weighted by Gasteiger charge is 2.46. The zero-order valence-electron chi connectivity index (χ0n) is 35.2. The van der Waals surface area contributed by atoms with Gasteiger partial charge < -0.3 is 9.80 Å². The molecule has 1 unspecified atom stereocenters. The molecule has 0 aromatic heterocycles. The molecule has 0 radical (unpaired) electrons. The number of anilines is 5. The van der Waals surface area contributed by atoms with E-state index >= 15 is 0 Å². The molecule has 6 aromatic rings. The van der Waals surface area contributed by atoms with Crippen molar-refractivity contribution in [1.29, 1.82) is 0 Å². The third-order valence-electron chi connectivity index (χ3n) is 12.7. The first-order chi connectivity index (χ1) is 27.2. The molecule has 0 amide bonds. The van der Waals surface area contributed by atoms with Crippen LogP contribution in [0.2, 0.25) is 0 Å². The number of benzene rings is 6. The van der Waals surface area contributed by atoms with Crippen molar-refractivity contribution in [2.24, 2.45) is 16.7 Å². The van der Waals surface area contributed by atoms with Crippen molar-refractivity contribution < 1.29 is 0 Å². The monoisotopic (exact) mass is 742 g/mol. The van der Waals surface area contributed by atoms with Crippen molar-refractivity contribution in [3.05, 3.63) is 169 Å². The summed E-state index contributed by atoms with van der Waals surface area (Å²) >= 11 is 0. The third-order valence-corrected chi connectivity index (χ3v) is 12.7. The molecule has 3 heteroatoms. The zero-order chi connectivity index (χ0) is 39.9. The molecule has 57 heavy (non-hydrogen) atoms. The Morgan fingerprint density at radius 1 is 0.474 bits per heavy atom. The first-order valence-corrected chi connectivity index (χ1v) is 20.8. The average molecular weight is 743 g/mol. The maximum atomic E-state index is 2.62. The van der Waals surface area contributed by atoms with Crippen molar-refractivity contribution in [2.75, 3.05) is 9.80 Å². The van der Waals surface area contributed by atoms with Gasteiger partial charge in [0.1, 0.15) is 0 Å². The molecule has 2 aliphatic heterocycles. The first-order valence-electron chi connectivity index (χ1n) is 20.8. The van der Waals surface area contributed by atoms with Crippen LogP contribution in [-0.4, -0.2) is 6.71 Å². The summed E-state index contributed by atoms with van der Waals surface area (Å²) in [5, 5.41) is 0. The predicted molar refractivity (Wildman–Crippen MR) is 247 cm³/mol. The van der Waals surface area contributed by atoms with Crippen LogP contribution >= 0.6 is 0 Å². The average Bonchev–Trinajstić information content (AvgIpc) is 3.20. The minimum Gasteiger partial charge on any atom is -0.312 e. The van der Waals surface area contributed by atoms with Crippen LogP contribution in [0.25, 0.3) is 22.3 Å².